The third-order valence-corrected chi connectivity index (χ3v) is 3.27. The number of aliphatic hydroxyl groups is 1. The van der Waals surface area contributed by atoms with Crippen LogP contribution in [0, 0.1) is 0 Å². The Balaban J connectivity index is 2.06. The predicted molar refractivity (Wildman–Crippen MR) is 85.5 cm³/mol. The molecule has 3 N–H and O–H groups in total. The minimum absolute atomic E-state index is 0.293. The third-order valence-electron chi connectivity index (χ3n) is 3.27. The first-order valence-electron chi connectivity index (χ1n) is 7.04. The molecule has 4 heteroatoms. The Kier molecular flexibility index (Phi) is 4.95. The summed E-state index contributed by atoms with van der Waals surface area (Å²) in [5, 5.41) is 15.2. The van der Waals surface area contributed by atoms with Crippen molar-refractivity contribution in [3.63, 3.8) is 0 Å². The summed E-state index contributed by atoms with van der Waals surface area (Å²) in [4.78, 5) is 12.0. The van der Waals surface area contributed by atoms with Crippen molar-refractivity contribution in [3.05, 3.63) is 59.7 Å². The van der Waals surface area contributed by atoms with Crippen LogP contribution in [0.4, 0.5) is 16.2 Å². The second kappa shape index (κ2) is 6.90. The molecule has 0 saturated carbocycles. The molecule has 2 rings (SSSR count). The van der Waals surface area contributed by atoms with Gasteiger partial charge in [-0.2, -0.15) is 0 Å². The normalized spacial score (nSPS) is 11.8. The van der Waals surface area contributed by atoms with Gasteiger partial charge >= 0.3 is 6.03 Å². The average molecular weight is 284 g/mol. The van der Waals surface area contributed by atoms with Crippen molar-refractivity contribution in [2.75, 3.05) is 10.6 Å². The highest BCUT2D eigenvalue weighted by Crippen LogP contribution is 2.18. The quantitative estimate of drug-likeness (QED) is 0.796. The van der Waals surface area contributed by atoms with Crippen molar-refractivity contribution in [2.45, 2.75) is 26.4 Å². The molecule has 0 aromatic heterocycles. The minimum Gasteiger partial charge on any atom is -0.389 e. The summed E-state index contributed by atoms with van der Waals surface area (Å²) in [7, 11) is 0. The van der Waals surface area contributed by atoms with Crippen LogP contribution in [0.25, 0.3) is 0 Å². The van der Waals surface area contributed by atoms with Crippen molar-refractivity contribution in [2.24, 2.45) is 0 Å². The number of benzene rings is 2. The fraction of sp³-hybridized carbons (Fsp3) is 0.235. The largest absolute Gasteiger partial charge is 0.389 e. The van der Waals surface area contributed by atoms with E-state index in [-0.39, 0.29) is 6.03 Å². The maximum absolute atomic E-state index is 12.0. The summed E-state index contributed by atoms with van der Waals surface area (Å²) >= 11 is 0. The first-order valence-corrected chi connectivity index (χ1v) is 7.04. The Hall–Kier alpha value is -2.33. The summed E-state index contributed by atoms with van der Waals surface area (Å²) < 4.78 is 0. The molecule has 0 fully saturated rings. The maximum Gasteiger partial charge on any atom is 0.323 e. The van der Waals surface area contributed by atoms with Crippen LogP contribution in [0.1, 0.15) is 31.1 Å². The number of urea groups is 1. The number of amides is 2. The molecular formula is C17H20N2O2. The number of aryl methyl sites for hydroxylation is 1. The Morgan fingerprint density at radius 1 is 1.14 bits per heavy atom. The minimum atomic E-state index is -0.560. The average Bonchev–Trinajstić information content (AvgIpc) is 2.48. The topological polar surface area (TPSA) is 61.4 Å². The van der Waals surface area contributed by atoms with Crippen LogP contribution >= 0.6 is 0 Å². The van der Waals surface area contributed by atoms with Gasteiger partial charge in [-0.05, 0) is 42.7 Å². The highest BCUT2D eigenvalue weighted by molar-refractivity contribution is 6.00. The van der Waals surface area contributed by atoms with Crippen LogP contribution in [-0.4, -0.2) is 11.1 Å². The molecule has 0 radical (unpaired) electrons. The van der Waals surface area contributed by atoms with Gasteiger partial charge in [0.25, 0.3) is 0 Å². The van der Waals surface area contributed by atoms with Gasteiger partial charge in [-0.1, -0.05) is 37.3 Å². The van der Waals surface area contributed by atoms with Gasteiger partial charge in [0, 0.05) is 11.4 Å². The molecule has 21 heavy (non-hydrogen) atoms. The number of carbonyl (C=O) groups is 1. The smallest absolute Gasteiger partial charge is 0.323 e. The van der Waals surface area contributed by atoms with E-state index >= 15 is 0 Å². The Bertz CT molecular complexity index is 624. The molecular weight excluding hydrogens is 264 g/mol. The number of aliphatic hydroxyl groups excluding tert-OH is 1. The Morgan fingerprint density at radius 3 is 2.62 bits per heavy atom. The molecule has 2 amide bonds. The number of nitrogens with one attached hydrogen (secondary N) is 2. The number of anilines is 2. The molecule has 0 saturated heterocycles. The number of hydrogen-bond acceptors (Lipinski definition) is 2. The van der Waals surface area contributed by atoms with E-state index in [1.165, 1.54) is 0 Å². The van der Waals surface area contributed by atoms with Crippen LogP contribution in [0.15, 0.2) is 48.5 Å². The van der Waals surface area contributed by atoms with E-state index in [4.69, 9.17) is 0 Å². The Labute approximate surface area is 124 Å². The van der Waals surface area contributed by atoms with Crippen molar-refractivity contribution in [3.8, 4) is 0 Å². The van der Waals surface area contributed by atoms with E-state index in [2.05, 4.69) is 10.6 Å². The second-order valence-corrected chi connectivity index (χ2v) is 4.89. The zero-order chi connectivity index (χ0) is 15.2. The molecule has 0 bridgehead atoms. The zero-order valence-corrected chi connectivity index (χ0v) is 12.3. The Morgan fingerprint density at radius 2 is 1.90 bits per heavy atom. The summed E-state index contributed by atoms with van der Waals surface area (Å²) in [5.74, 6) is 0. The molecule has 1 atom stereocenters. The molecule has 2 aromatic rings. The lowest BCUT2D eigenvalue weighted by Crippen LogP contribution is -2.20. The highest BCUT2D eigenvalue weighted by Gasteiger charge is 2.07. The van der Waals surface area contributed by atoms with E-state index in [9.17, 15) is 9.90 Å². The SMILES string of the molecule is CCc1ccccc1NC(=O)Nc1cccc(C(C)O)c1. The molecule has 0 aliphatic rings. The van der Waals surface area contributed by atoms with E-state index in [1.807, 2.05) is 37.3 Å². The standard InChI is InChI=1S/C17H20N2O2/c1-3-13-7-4-5-10-16(13)19-17(21)18-15-9-6-8-14(11-15)12(2)20/h4-12,20H,3H2,1-2H3,(H2,18,19,21). The molecule has 110 valence electrons. The van der Waals surface area contributed by atoms with Gasteiger partial charge in [0.1, 0.15) is 0 Å². The van der Waals surface area contributed by atoms with Crippen molar-refractivity contribution in [1.29, 1.82) is 0 Å². The summed E-state index contributed by atoms with van der Waals surface area (Å²) in [6, 6.07) is 14.6. The fourth-order valence-electron chi connectivity index (χ4n) is 2.11. The first kappa shape index (κ1) is 15.1. The lowest BCUT2D eigenvalue weighted by molar-refractivity contribution is 0.199. The summed E-state index contributed by atoms with van der Waals surface area (Å²) in [6.45, 7) is 3.74. The fourth-order valence-corrected chi connectivity index (χ4v) is 2.11. The van der Waals surface area contributed by atoms with Gasteiger partial charge in [0.2, 0.25) is 0 Å². The monoisotopic (exact) mass is 284 g/mol. The number of para-hydroxylation sites is 1. The number of rotatable bonds is 4. The lowest BCUT2D eigenvalue weighted by Gasteiger charge is -2.12. The maximum atomic E-state index is 12.0. The number of hydrogen-bond donors (Lipinski definition) is 3. The van der Waals surface area contributed by atoms with Crippen LogP contribution in [0.2, 0.25) is 0 Å². The summed E-state index contributed by atoms with van der Waals surface area (Å²) in [6.07, 6.45) is 0.296. The molecule has 0 aliphatic carbocycles. The van der Waals surface area contributed by atoms with E-state index < -0.39 is 6.10 Å². The predicted octanol–water partition coefficient (Wildman–Crippen LogP) is 3.95. The molecule has 1 unspecified atom stereocenters. The van der Waals surface area contributed by atoms with Gasteiger partial charge in [-0.3, -0.25) is 0 Å². The van der Waals surface area contributed by atoms with Gasteiger partial charge in [-0.15, -0.1) is 0 Å². The van der Waals surface area contributed by atoms with Gasteiger partial charge in [0.05, 0.1) is 6.10 Å². The zero-order valence-electron chi connectivity index (χ0n) is 12.3. The summed E-state index contributed by atoms with van der Waals surface area (Å²) in [5.41, 5.74) is 3.32. The van der Waals surface area contributed by atoms with Crippen molar-refractivity contribution in [1.82, 2.24) is 0 Å². The van der Waals surface area contributed by atoms with Crippen LogP contribution in [-0.2, 0) is 6.42 Å². The van der Waals surface area contributed by atoms with Crippen molar-refractivity contribution < 1.29 is 9.90 Å². The molecule has 2 aromatic carbocycles. The van der Waals surface area contributed by atoms with E-state index in [0.29, 0.717) is 5.69 Å². The molecule has 0 spiro atoms. The first-order chi connectivity index (χ1) is 10.1. The highest BCUT2D eigenvalue weighted by atomic mass is 16.3. The number of carbonyl (C=O) groups excluding carboxylic acids is 1. The molecule has 0 aliphatic heterocycles. The third kappa shape index (κ3) is 4.07. The lowest BCUT2D eigenvalue weighted by atomic mass is 10.1. The van der Waals surface area contributed by atoms with Gasteiger partial charge in [0.15, 0.2) is 0 Å². The van der Waals surface area contributed by atoms with Gasteiger partial charge in [-0.25, -0.2) is 4.79 Å². The van der Waals surface area contributed by atoms with E-state index in [1.54, 1.807) is 25.1 Å². The van der Waals surface area contributed by atoms with Crippen molar-refractivity contribution >= 4 is 17.4 Å². The van der Waals surface area contributed by atoms with Crippen LogP contribution in [0.3, 0.4) is 0 Å². The van der Waals surface area contributed by atoms with Crippen LogP contribution < -0.4 is 10.6 Å². The van der Waals surface area contributed by atoms with E-state index in [0.717, 1.165) is 23.2 Å². The second-order valence-electron chi connectivity index (χ2n) is 4.89. The molecule has 4 nitrogen and oxygen atoms in total. The van der Waals surface area contributed by atoms with Crippen LogP contribution in [0.5, 0.6) is 0 Å². The molecule has 0 heterocycles. The van der Waals surface area contributed by atoms with Gasteiger partial charge < -0.3 is 15.7 Å².